The second-order valence-corrected chi connectivity index (χ2v) is 5.48. The van der Waals surface area contributed by atoms with Gasteiger partial charge in [-0.05, 0) is 24.1 Å². The lowest BCUT2D eigenvalue weighted by Crippen LogP contribution is -2.23. The van der Waals surface area contributed by atoms with Crippen molar-refractivity contribution in [1.29, 1.82) is 0 Å². The highest BCUT2D eigenvalue weighted by molar-refractivity contribution is 5.49. The SMILES string of the molecule is CCN(Cc1ccccc1)c1cc(NCc2cccnc2)ncn1. The van der Waals surface area contributed by atoms with Crippen molar-refractivity contribution in [2.75, 3.05) is 16.8 Å². The average Bonchev–Trinajstić information content (AvgIpc) is 2.66. The molecule has 0 saturated heterocycles. The molecule has 0 spiro atoms. The highest BCUT2D eigenvalue weighted by Gasteiger charge is 2.08. The van der Waals surface area contributed by atoms with Crippen LogP contribution in [0.1, 0.15) is 18.1 Å². The fourth-order valence-corrected chi connectivity index (χ4v) is 2.47. The Bertz CT molecular complexity index is 746. The molecule has 0 unspecified atom stereocenters. The van der Waals surface area contributed by atoms with Gasteiger partial charge in [0.25, 0.3) is 0 Å². The van der Waals surface area contributed by atoms with Gasteiger partial charge >= 0.3 is 0 Å². The third kappa shape index (κ3) is 4.29. The Balaban J connectivity index is 1.69. The maximum atomic E-state index is 4.42. The highest BCUT2D eigenvalue weighted by atomic mass is 15.2. The summed E-state index contributed by atoms with van der Waals surface area (Å²) in [5.41, 5.74) is 2.39. The van der Waals surface area contributed by atoms with Crippen LogP contribution in [0.15, 0.2) is 67.3 Å². The van der Waals surface area contributed by atoms with Crippen molar-refractivity contribution >= 4 is 11.6 Å². The maximum absolute atomic E-state index is 4.42. The van der Waals surface area contributed by atoms with E-state index in [2.05, 4.69) is 56.4 Å². The molecule has 3 rings (SSSR count). The van der Waals surface area contributed by atoms with Crippen LogP contribution < -0.4 is 10.2 Å². The van der Waals surface area contributed by atoms with Crippen LogP contribution in [-0.2, 0) is 13.1 Å². The van der Waals surface area contributed by atoms with Crippen LogP contribution >= 0.6 is 0 Å². The first-order chi connectivity index (χ1) is 11.8. The lowest BCUT2D eigenvalue weighted by molar-refractivity contribution is 0.810. The van der Waals surface area contributed by atoms with E-state index in [0.29, 0.717) is 6.54 Å². The van der Waals surface area contributed by atoms with Crippen molar-refractivity contribution in [1.82, 2.24) is 15.0 Å². The topological polar surface area (TPSA) is 53.9 Å². The molecule has 0 radical (unpaired) electrons. The molecule has 122 valence electrons. The fraction of sp³-hybridized carbons (Fsp3) is 0.211. The molecule has 0 fully saturated rings. The van der Waals surface area contributed by atoms with Gasteiger partial charge in [0.1, 0.15) is 18.0 Å². The third-order valence-corrected chi connectivity index (χ3v) is 3.77. The van der Waals surface area contributed by atoms with Crippen molar-refractivity contribution in [2.24, 2.45) is 0 Å². The van der Waals surface area contributed by atoms with Crippen molar-refractivity contribution in [3.05, 3.63) is 78.4 Å². The van der Waals surface area contributed by atoms with E-state index >= 15 is 0 Å². The third-order valence-electron chi connectivity index (χ3n) is 3.77. The second kappa shape index (κ2) is 8.06. The number of pyridine rings is 1. The summed E-state index contributed by atoms with van der Waals surface area (Å²) in [7, 11) is 0. The molecular formula is C19H21N5. The highest BCUT2D eigenvalue weighted by Crippen LogP contribution is 2.17. The first-order valence-corrected chi connectivity index (χ1v) is 8.09. The molecule has 1 aromatic carbocycles. The molecule has 0 aliphatic carbocycles. The molecule has 2 aromatic heterocycles. The smallest absolute Gasteiger partial charge is 0.134 e. The Kier molecular flexibility index (Phi) is 5.35. The summed E-state index contributed by atoms with van der Waals surface area (Å²) in [5, 5.41) is 3.33. The van der Waals surface area contributed by atoms with Crippen molar-refractivity contribution < 1.29 is 0 Å². The predicted octanol–water partition coefficient (Wildman–Crippen LogP) is 3.51. The molecule has 0 aliphatic heterocycles. The van der Waals surface area contributed by atoms with Crippen molar-refractivity contribution in [2.45, 2.75) is 20.0 Å². The maximum Gasteiger partial charge on any atom is 0.134 e. The predicted molar refractivity (Wildman–Crippen MR) is 96.8 cm³/mol. The van der Waals surface area contributed by atoms with Gasteiger partial charge in [-0.25, -0.2) is 9.97 Å². The molecule has 0 saturated carbocycles. The second-order valence-electron chi connectivity index (χ2n) is 5.48. The van der Waals surface area contributed by atoms with Crippen LogP contribution in [0.4, 0.5) is 11.6 Å². The zero-order chi connectivity index (χ0) is 16.6. The van der Waals surface area contributed by atoms with E-state index in [1.54, 1.807) is 12.5 Å². The van der Waals surface area contributed by atoms with E-state index in [9.17, 15) is 0 Å². The van der Waals surface area contributed by atoms with Gasteiger partial charge in [0.2, 0.25) is 0 Å². The van der Waals surface area contributed by atoms with E-state index < -0.39 is 0 Å². The summed E-state index contributed by atoms with van der Waals surface area (Å²) in [6, 6.07) is 16.4. The minimum absolute atomic E-state index is 0.690. The molecule has 0 aliphatic rings. The number of nitrogens with one attached hydrogen (secondary N) is 1. The van der Waals surface area contributed by atoms with Gasteiger partial charge in [-0.3, -0.25) is 4.98 Å². The summed E-state index contributed by atoms with van der Waals surface area (Å²) < 4.78 is 0. The van der Waals surface area contributed by atoms with E-state index in [0.717, 1.165) is 30.3 Å². The van der Waals surface area contributed by atoms with Gasteiger partial charge in [-0.1, -0.05) is 36.4 Å². The molecule has 5 heteroatoms. The number of hydrogen-bond acceptors (Lipinski definition) is 5. The lowest BCUT2D eigenvalue weighted by Gasteiger charge is -2.22. The standard InChI is InChI=1S/C19H21N5/c1-2-24(14-16-7-4-3-5-8-16)19-11-18(22-15-23-19)21-13-17-9-6-10-20-12-17/h3-12,15H,2,13-14H2,1H3,(H,21,22,23). The monoisotopic (exact) mass is 319 g/mol. The Labute approximate surface area is 142 Å². The molecule has 0 bridgehead atoms. The van der Waals surface area contributed by atoms with Crippen LogP contribution in [0, 0.1) is 0 Å². The molecular weight excluding hydrogens is 298 g/mol. The first kappa shape index (κ1) is 15.9. The number of hydrogen-bond donors (Lipinski definition) is 1. The summed E-state index contributed by atoms with van der Waals surface area (Å²) >= 11 is 0. The molecule has 1 N–H and O–H groups in total. The fourth-order valence-electron chi connectivity index (χ4n) is 2.47. The van der Waals surface area contributed by atoms with Gasteiger partial charge in [0, 0.05) is 38.1 Å². The minimum atomic E-state index is 0.690. The number of anilines is 2. The summed E-state index contributed by atoms with van der Waals surface area (Å²) in [6.45, 7) is 4.53. The molecule has 5 nitrogen and oxygen atoms in total. The largest absolute Gasteiger partial charge is 0.366 e. The molecule has 0 atom stereocenters. The Morgan fingerprint density at radius 2 is 1.83 bits per heavy atom. The number of benzene rings is 1. The summed E-state index contributed by atoms with van der Waals surface area (Å²) in [6.07, 6.45) is 5.23. The van der Waals surface area contributed by atoms with Gasteiger partial charge in [0.15, 0.2) is 0 Å². The van der Waals surface area contributed by atoms with Crippen LogP contribution in [-0.4, -0.2) is 21.5 Å². The normalized spacial score (nSPS) is 10.4. The molecule has 3 aromatic rings. The Morgan fingerprint density at radius 3 is 2.58 bits per heavy atom. The van der Waals surface area contributed by atoms with Crippen LogP contribution in [0.5, 0.6) is 0 Å². The number of rotatable bonds is 7. The van der Waals surface area contributed by atoms with E-state index in [1.807, 2.05) is 30.5 Å². The Hall–Kier alpha value is -2.95. The van der Waals surface area contributed by atoms with Gasteiger partial charge in [-0.2, -0.15) is 0 Å². The number of aromatic nitrogens is 3. The van der Waals surface area contributed by atoms with Gasteiger partial charge in [0.05, 0.1) is 0 Å². The van der Waals surface area contributed by atoms with Crippen molar-refractivity contribution in [3.63, 3.8) is 0 Å². The van der Waals surface area contributed by atoms with Gasteiger partial charge in [-0.15, -0.1) is 0 Å². The summed E-state index contributed by atoms with van der Waals surface area (Å²) in [5.74, 6) is 1.74. The molecule has 2 heterocycles. The molecule has 24 heavy (non-hydrogen) atoms. The average molecular weight is 319 g/mol. The zero-order valence-electron chi connectivity index (χ0n) is 13.8. The van der Waals surface area contributed by atoms with E-state index in [4.69, 9.17) is 0 Å². The zero-order valence-corrected chi connectivity index (χ0v) is 13.8. The number of nitrogens with zero attached hydrogens (tertiary/aromatic N) is 4. The minimum Gasteiger partial charge on any atom is -0.366 e. The lowest BCUT2D eigenvalue weighted by atomic mass is 10.2. The van der Waals surface area contributed by atoms with Crippen molar-refractivity contribution in [3.8, 4) is 0 Å². The molecule has 0 amide bonds. The van der Waals surface area contributed by atoms with Crippen LogP contribution in [0.2, 0.25) is 0 Å². The Morgan fingerprint density at radius 1 is 1.00 bits per heavy atom. The van der Waals surface area contributed by atoms with Crippen LogP contribution in [0.3, 0.4) is 0 Å². The van der Waals surface area contributed by atoms with Gasteiger partial charge < -0.3 is 10.2 Å². The van der Waals surface area contributed by atoms with E-state index in [-0.39, 0.29) is 0 Å². The summed E-state index contributed by atoms with van der Waals surface area (Å²) in [4.78, 5) is 15.1. The quantitative estimate of drug-likeness (QED) is 0.722. The van der Waals surface area contributed by atoms with Crippen LogP contribution in [0.25, 0.3) is 0 Å². The first-order valence-electron chi connectivity index (χ1n) is 8.09. The van der Waals surface area contributed by atoms with E-state index in [1.165, 1.54) is 5.56 Å².